The fourth-order valence-electron chi connectivity index (χ4n) is 2.76. The maximum Gasteiger partial charge on any atom is 0.238 e. The second-order valence-corrected chi connectivity index (χ2v) is 7.10. The third kappa shape index (κ3) is 4.69. The molecule has 4 nitrogen and oxygen atoms in total. The predicted molar refractivity (Wildman–Crippen MR) is 98.3 cm³/mol. The summed E-state index contributed by atoms with van der Waals surface area (Å²) < 4.78 is 0. The van der Waals surface area contributed by atoms with E-state index in [4.69, 9.17) is 0 Å². The molecular weight excluding hydrogens is 320 g/mol. The number of hydrogen-bond acceptors (Lipinski definition) is 4. The number of anilines is 1. The molecule has 1 aliphatic heterocycles. The highest BCUT2D eigenvalue weighted by Crippen LogP contribution is 2.25. The van der Waals surface area contributed by atoms with Crippen molar-refractivity contribution in [2.75, 3.05) is 25.0 Å². The Kier molecular flexibility index (Phi) is 5.67. The van der Waals surface area contributed by atoms with Gasteiger partial charge in [-0.3, -0.25) is 14.5 Å². The Bertz CT molecular complexity index is 691. The van der Waals surface area contributed by atoms with Crippen molar-refractivity contribution in [1.82, 2.24) is 4.90 Å². The van der Waals surface area contributed by atoms with Gasteiger partial charge in [0, 0.05) is 23.0 Å². The SMILES string of the molecule is O=C(CN1CCC(SC(=O)c2ccccc2)C1)Nc1ccccc1. The molecule has 1 aliphatic rings. The molecule has 2 aromatic carbocycles. The minimum atomic E-state index is -0.0127. The van der Waals surface area contributed by atoms with E-state index < -0.39 is 0 Å². The first-order valence-electron chi connectivity index (χ1n) is 8.04. The predicted octanol–water partition coefficient (Wildman–Crippen LogP) is 3.27. The highest BCUT2D eigenvalue weighted by atomic mass is 32.2. The molecule has 0 radical (unpaired) electrons. The molecular formula is C19H20N2O2S. The number of hydrogen-bond donors (Lipinski definition) is 1. The molecule has 1 atom stereocenters. The average Bonchev–Trinajstić information content (AvgIpc) is 3.03. The Labute approximate surface area is 146 Å². The average molecular weight is 340 g/mol. The topological polar surface area (TPSA) is 49.4 Å². The summed E-state index contributed by atoms with van der Waals surface area (Å²) in [6.07, 6.45) is 0.932. The van der Waals surface area contributed by atoms with Gasteiger partial charge in [0.25, 0.3) is 0 Å². The van der Waals surface area contributed by atoms with Gasteiger partial charge in [-0.2, -0.15) is 0 Å². The van der Waals surface area contributed by atoms with E-state index in [1.54, 1.807) is 0 Å². The molecule has 1 saturated heterocycles. The first-order valence-corrected chi connectivity index (χ1v) is 8.92. The van der Waals surface area contributed by atoms with Crippen molar-refractivity contribution in [1.29, 1.82) is 0 Å². The lowest BCUT2D eigenvalue weighted by Crippen LogP contribution is -2.32. The van der Waals surface area contributed by atoms with Crippen LogP contribution in [-0.4, -0.2) is 40.8 Å². The van der Waals surface area contributed by atoms with Crippen LogP contribution in [0.1, 0.15) is 16.8 Å². The number of amides is 1. The van der Waals surface area contributed by atoms with Crippen molar-refractivity contribution >= 4 is 28.5 Å². The zero-order valence-corrected chi connectivity index (χ0v) is 14.2. The van der Waals surface area contributed by atoms with Crippen LogP contribution in [0.5, 0.6) is 0 Å². The van der Waals surface area contributed by atoms with E-state index >= 15 is 0 Å². The summed E-state index contributed by atoms with van der Waals surface area (Å²) in [7, 11) is 0. The lowest BCUT2D eigenvalue weighted by atomic mass is 10.2. The summed E-state index contributed by atoms with van der Waals surface area (Å²) in [5, 5.41) is 3.26. The van der Waals surface area contributed by atoms with Crippen LogP contribution in [0.3, 0.4) is 0 Å². The lowest BCUT2D eigenvalue weighted by molar-refractivity contribution is -0.117. The summed E-state index contributed by atoms with van der Waals surface area (Å²) in [5.41, 5.74) is 1.55. The van der Waals surface area contributed by atoms with E-state index in [0.29, 0.717) is 6.54 Å². The minimum Gasteiger partial charge on any atom is -0.325 e. The van der Waals surface area contributed by atoms with Crippen LogP contribution in [0, 0.1) is 0 Å². The summed E-state index contributed by atoms with van der Waals surface area (Å²) in [6, 6.07) is 18.8. The number of nitrogens with zero attached hydrogens (tertiary/aromatic N) is 1. The lowest BCUT2D eigenvalue weighted by Gasteiger charge is -2.15. The molecule has 0 saturated carbocycles. The van der Waals surface area contributed by atoms with Crippen LogP contribution in [0.15, 0.2) is 60.7 Å². The molecule has 1 amide bonds. The van der Waals surface area contributed by atoms with Crippen molar-refractivity contribution < 1.29 is 9.59 Å². The summed E-state index contributed by atoms with van der Waals surface area (Å²) >= 11 is 1.38. The molecule has 0 aliphatic carbocycles. The number of nitrogens with one attached hydrogen (secondary N) is 1. The van der Waals surface area contributed by atoms with Gasteiger partial charge in [0.1, 0.15) is 0 Å². The second-order valence-electron chi connectivity index (χ2n) is 5.83. The Morgan fingerprint density at radius 2 is 1.71 bits per heavy atom. The Morgan fingerprint density at radius 1 is 1.04 bits per heavy atom. The van der Waals surface area contributed by atoms with Gasteiger partial charge in [0.15, 0.2) is 0 Å². The van der Waals surface area contributed by atoms with Gasteiger partial charge in [0.2, 0.25) is 11.0 Å². The molecule has 1 fully saturated rings. The number of rotatable bonds is 5. The number of carbonyl (C=O) groups is 2. The molecule has 1 unspecified atom stereocenters. The highest BCUT2D eigenvalue weighted by molar-refractivity contribution is 8.14. The summed E-state index contributed by atoms with van der Waals surface area (Å²) in [5.74, 6) is -0.0127. The molecule has 0 spiro atoms. The molecule has 24 heavy (non-hydrogen) atoms. The third-order valence-electron chi connectivity index (χ3n) is 3.94. The Hall–Kier alpha value is -2.11. The van der Waals surface area contributed by atoms with E-state index in [9.17, 15) is 9.59 Å². The molecule has 124 valence electrons. The van der Waals surface area contributed by atoms with Crippen molar-refractivity contribution in [3.8, 4) is 0 Å². The van der Waals surface area contributed by atoms with Gasteiger partial charge in [-0.05, 0) is 25.1 Å². The van der Waals surface area contributed by atoms with E-state index in [1.807, 2.05) is 60.7 Å². The molecule has 1 N–H and O–H groups in total. The van der Waals surface area contributed by atoms with E-state index in [0.717, 1.165) is 30.8 Å². The monoisotopic (exact) mass is 340 g/mol. The van der Waals surface area contributed by atoms with Crippen LogP contribution in [0.4, 0.5) is 5.69 Å². The van der Waals surface area contributed by atoms with Crippen LogP contribution >= 0.6 is 11.8 Å². The molecule has 0 aromatic heterocycles. The minimum absolute atomic E-state index is 0.0127. The third-order valence-corrected chi connectivity index (χ3v) is 5.10. The molecule has 1 heterocycles. The number of thioether (sulfide) groups is 1. The smallest absolute Gasteiger partial charge is 0.238 e. The zero-order valence-electron chi connectivity index (χ0n) is 13.4. The van der Waals surface area contributed by atoms with Crippen LogP contribution < -0.4 is 5.32 Å². The van der Waals surface area contributed by atoms with Gasteiger partial charge in [-0.1, -0.05) is 60.3 Å². The number of carbonyl (C=O) groups excluding carboxylic acids is 2. The quantitative estimate of drug-likeness (QED) is 0.907. The van der Waals surface area contributed by atoms with E-state index in [2.05, 4.69) is 10.2 Å². The zero-order chi connectivity index (χ0) is 16.8. The normalized spacial score (nSPS) is 17.6. The summed E-state index contributed by atoms with van der Waals surface area (Å²) in [6.45, 7) is 1.98. The maximum absolute atomic E-state index is 12.2. The van der Waals surface area contributed by atoms with Gasteiger partial charge in [0.05, 0.1) is 6.54 Å². The highest BCUT2D eigenvalue weighted by Gasteiger charge is 2.26. The van der Waals surface area contributed by atoms with Crippen molar-refractivity contribution in [2.24, 2.45) is 0 Å². The number of likely N-dealkylation sites (tertiary alicyclic amines) is 1. The fourth-order valence-corrected chi connectivity index (χ4v) is 3.84. The Morgan fingerprint density at radius 3 is 2.42 bits per heavy atom. The van der Waals surface area contributed by atoms with Crippen LogP contribution in [-0.2, 0) is 4.79 Å². The van der Waals surface area contributed by atoms with Crippen molar-refractivity contribution in [3.63, 3.8) is 0 Å². The van der Waals surface area contributed by atoms with Crippen LogP contribution in [0.25, 0.3) is 0 Å². The molecule has 0 bridgehead atoms. The van der Waals surface area contributed by atoms with Crippen LogP contribution in [0.2, 0.25) is 0 Å². The second kappa shape index (κ2) is 8.13. The van der Waals surface area contributed by atoms with E-state index in [1.165, 1.54) is 11.8 Å². The largest absolute Gasteiger partial charge is 0.325 e. The first-order chi connectivity index (χ1) is 11.7. The maximum atomic E-state index is 12.2. The fraction of sp³-hybridized carbons (Fsp3) is 0.263. The standard InChI is InChI=1S/C19H20N2O2S/c22-18(20-16-9-5-2-6-10-16)14-21-12-11-17(13-21)24-19(23)15-7-3-1-4-8-15/h1-10,17H,11-14H2,(H,20,22). The van der Waals surface area contributed by atoms with E-state index in [-0.39, 0.29) is 16.3 Å². The number of para-hydroxylation sites is 1. The molecule has 2 aromatic rings. The summed E-state index contributed by atoms with van der Waals surface area (Å²) in [4.78, 5) is 26.4. The Balaban J connectivity index is 1.45. The molecule has 5 heteroatoms. The number of benzene rings is 2. The van der Waals surface area contributed by atoms with Crippen molar-refractivity contribution in [2.45, 2.75) is 11.7 Å². The van der Waals surface area contributed by atoms with Gasteiger partial charge in [-0.25, -0.2) is 0 Å². The van der Waals surface area contributed by atoms with Gasteiger partial charge < -0.3 is 5.32 Å². The van der Waals surface area contributed by atoms with Crippen molar-refractivity contribution in [3.05, 3.63) is 66.2 Å². The molecule has 3 rings (SSSR count). The van der Waals surface area contributed by atoms with Gasteiger partial charge >= 0.3 is 0 Å². The van der Waals surface area contributed by atoms with Gasteiger partial charge in [-0.15, -0.1) is 0 Å². The first kappa shape index (κ1) is 16.7.